The fourth-order valence-electron chi connectivity index (χ4n) is 1.94. The average molecular weight is 288 g/mol. The van der Waals surface area contributed by atoms with Crippen molar-refractivity contribution in [2.24, 2.45) is 0 Å². The lowest BCUT2D eigenvalue weighted by atomic mass is 10.1. The van der Waals surface area contributed by atoms with E-state index in [-0.39, 0.29) is 5.63 Å². The fraction of sp³-hybridized carbons (Fsp3) is 0.214. The maximum Gasteiger partial charge on any atom is 0.336 e. The van der Waals surface area contributed by atoms with Crippen molar-refractivity contribution < 1.29 is 9.15 Å². The molecule has 3 rings (SSSR count). The molecule has 0 aliphatic heterocycles. The van der Waals surface area contributed by atoms with Gasteiger partial charge in [-0.25, -0.2) is 4.79 Å². The topological polar surface area (TPSA) is 65.2 Å². The maximum absolute atomic E-state index is 11.4. The minimum atomic E-state index is -0.355. The first-order valence-corrected chi connectivity index (χ1v) is 6.90. The van der Waals surface area contributed by atoms with E-state index in [4.69, 9.17) is 9.15 Å². The largest absolute Gasteiger partial charge is 0.486 e. The van der Waals surface area contributed by atoms with Crippen molar-refractivity contribution in [3.8, 4) is 5.75 Å². The zero-order chi connectivity index (χ0) is 14.1. The zero-order valence-corrected chi connectivity index (χ0v) is 11.9. The number of hydrogen-bond acceptors (Lipinski definition) is 6. The van der Waals surface area contributed by atoms with E-state index in [2.05, 4.69) is 10.2 Å². The Hall–Kier alpha value is -2.21. The summed E-state index contributed by atoms with van der Waals surface area (Å²) in [4.78, 5) is 11.4. The average Bonchev–Trinajstić information content (AvgIpc) is 2.81. The quantitative estimate of drug-likeness (QED) is 0.693. The van der Waals surface area contributed by atoms with Gasteiger partial charge in [-0.1, -0.05) is 11.3 Å². The lowest BCUT2D eigenvalue weighted by Crippen LogP contribution is -1.99. The van der Waals surface area contributed by atoms with Crippen LogP contribution in [0.25, 0.3) is 11.0 Å². The van der Waals surface area contributed by atoms with E-state index in [1.165, 1.54) is 17.4 Å². The van der Waals surface area contributed by atoms with Crippen molar-refractivity contribution in [2.45, 2.75) is 20.5 Å². The van der Waals surface area contributed by atoms with Crippen molar-refractivity contribution in [1.29, 1.82) is 0 Å². The number of aromatic nitrogens is 2. The number of hydrogen-bond donors (Lipinski definition) is 0. The molecule has 1 aromatic carbocycles. The van der Waals surface area contributed by atoms with E-state index in [1.54, 1.807) is 6.07 Å². The van der Waals surface area contributed by atoms with Crippen molar-refractivity contribution >= 4 is 22.3 Å². The van der Waals surface area contributed by atoms with Crippen LogP contribution >= 0.6 is 11.3 Å². The molecule has 0 spiro atoms. The van der Waals surface area contributed by atoms with E-state index < -0.39 is 0 Å². The highest BCUT2D eigenvalue weighted by atomic mass is 32.1. The number of aryl methyl sites for hydroxylation is 2. The Balaban J connectivity index is 1.87. The van der Waals surface area contributed by atoms with Crippen molar-refractivity contribution in [3.63, 3.8) is 0 Å². The molecule has 3 aromatic rings. The van der Waals surface area contributed by atoms with Crippen LogP contribution in [0.3, 0.4) is 0 Å². The van der Waals surface area contributed by atoms with Gasteiger partial charge >= 0.3 is 5.63 Å². The second-order valence-corrected chi connectivity index (χ2v) is 5.68. The van der Waals surface area contributed by atoms with Gasteiger partial charge in [0.1, 0.15) is 22.9 Å². The van der Waals surface area contributed by atoms with E-state index in [9.17, 15) is 4.79 Å². The summed E-state index contributed by atoms with van der Waals surface area (Å²) in [6.45, 7) is 4.13. The molecule has 0 fully saturated rings. The van der Waals surface area contributed by atoms with Crippen LogP contribution in [0.5, 0.6) is 5.75 Å². The molecule has 0 bridgehead atoms. The van der Waals surface area contributed by atoms with Crippen LogP contribution < -0.4 is 10.4 Å². The second kappa shape index (κ2) is 5.05. The van der Waals surface area contributed by atoms with E-state index >= 15 is 0 Å². The molecule has 0 atom stereocenters. The molecule has 0 amide bonds. The van der Waals surface area contributed by atoms with E-state index in [0.29, 0.717) is 17.9 Å². The Labute approximate surface area is 118 Å². The molecule has 2 heterocycles. The lowest BCUT2D eigenvalue weighted by Gasteiger charge is -2.05. The van der Waals surface area contributed by atoms with Crippen molar-refractivity contribution in [1.82, 2.24) is 10.2 Å². The van der Waals surface area contributed by atoms with Gasteiger partial charge in [0.05, 0.1) is 0 Å². The van der Waals surface area contributed by atoms with E-state index in [1.807, 2.05) is 26.0 Å². The SMILES string of the molecule is Cc1nnc(COc2ccc3c(C)cc(=O)oc3c2)s1. The molecule has 0 radical (unpaired) electrons. The van der Waals surface area contributed by atoms with Gasteiger partial charge in [0, 0.05) is 17.5 Å². The van der Waals surface area contributed by atoms with Crippen LogP contribution in [-0.4, -0.2) is 10.2 Å². The second-order valence-electron chi connectivity index (χ2n) is 4.41. The van der Waals surface area contributed by atoms with Crippen LogP contribution in [0.15, 0.2) is 33.5 Å². The van der Waals surface area contributed by atoms with Crippen LogP contribution in [0, 0.1) is 13.8 Å². The van der Waals surface area contributed by atoms with Gasteiger partial charge < -0.3 is 9.15 Å². The third-order valence-corrected chi connectivity index (χ3v) is 3.67. The van der Waals surface area contributed by atoms with Gasteiger partial charge in [0.2, 0.25) is 0 Å². The zero-order valence-electron chi connectivity index (χ0n) is 11.0. The molecule has 102 valence electrons. The van der Waals surface area contributed by atoms with Gasteiger partial charge in [-0.2, -0.15) is 0 Å². The molecule has 0 aliphatic rings. The smallest absolute Gasteiger partial charge is 0.336 e. The first kappa shape index (κ1) is 12.8. The Morgan fingerprint density at radius 2 is 2.10 bits per heavy atom. The molecule has 5 nitrogen and oxygen atoms in total. The fourth-order valence-corrected chi connectivity index (χ4v) is 2.56. The predicted molar refractivity (Wildman–Crippen MR) is 76.2 cm³/mol. The Kier molecular flexibility index (Phi) is 3.23. The number of ether oxygens (including phenoxy) is 1. The molecule has 2 aromatic heterocycles. The van der Waals surface area contributed by atoms with Gasteiger partial charge in [-0.05, 0) is 31.5 Å². The summed E-state index contributed by atoms with van der Waals surface area (Å²) < 4.78 is 10.8. The number of benzene rings is 1. The summed E-state index contributed by atoms with van der Waals surface area (Å²) >= 11 is 1.49. The minimum Gasteiger partial charge on any atom is -0.486 e. The molecule has 20 heavy (non-hydrogen) atoms. The lowest BCUT2D eigenvalue weighted by molar-refractivity contribution is 0.304. The van der Waals surface area contributed by atoms with Gasteiger partial charge in [-0.15, -0.1) is 10.2 Å². The Morgan fingerprint density at radius 1 is 1.25 bits per heavy atom. The number of fused-ring (bicyclic) bond motifs is 1. The van der Waals surface area contributed by atoms with Crippen LogP contribution in [0.4, 0.5) is 0 Å². The molecule has 6 heteroatoms. The molecule has 0 saturated carbocycles. The first-order chi connectivity index (χ1) is 9.61. The number of nitrogens with zero attached hydrogens (tertiary/aromatic N) is 2. The molecular weight excluding hydrogens is 276 g/mol. The normalized spacial score (nSPS) is 10.9. The number of rotatable bonds is 3. The molecular formula is C14H12N2O3S. The van der Waals surface area contributed by atoms with E-state index in [0.717, 1.165) is 21.0 Å². The van der Waals surface area contributed by atoms with Gasteiger partial charge in [-0.3, -0.25) is 0 Å². The summed E-state index contributed by atoms with van der Waals surface area (Å²) in [6.07, 6.45) is 0. The minimum absolute atomic E-state index is 0.354. The Bertz CT molecular complexity index is 823. The molecule has 0 N–H and O–H groups in total. The van der Waals surface area contributed by atoms with Crippen molar-refractivity contribution in [3.05, 3.63) is 50.3 Å². The van der Waals surface area contributed by atoms with Crippen LogP contribution in [0.2, 0.25) is 0 Å². The van der Waals surface area contributed by atoms with Crippen molar-refractivity contribution in [2.75, 3.05) is 0 Å². The Morgan fingerprint density at radius 3 is 2.85 bits per heavy atom. The predicted octanol–water partition coefficient (Wildman–Crippen LogP) is 2.84. The first-order valence-electron chi connectivity index (χ1n) is 6.08. The maximum atomic E-state index is 11.4. The van der Waals surface area contributed by atoms with Crippen LogP contribution in [-0.2, 0) is 6.61 Å². The highest BCUT2D eigenvalue weighted by Crippen LogP contribution is 2.23. The summed E-state index contributed by atoms with van der Waals surface area (Å²) in [5, 5.41) is 10.5. The van der Waals surface area contributed by atoms with Crippen LogP contribution in [0.1, 0.15) is 15.6 Å². The summed E-state index contributed by atoms with van der Waals surface area (Å²) in [5.41, 5.74) is 1.07. The summed E-state index contributed by atoms with van der Waals surface area (Å²) in [6, 6.07) is 6.93. The third kappa shape index (κ3) is 2.55. The summed E-state index contributed by atoms with van der Waals surface area (Å²) in [5.74, 6) is 0.638. The van der Waals surface area contributed by atoms with Gasteiger partial charge in [0.25, 0.3) is 0 Å². The standard InChI is InChI=1S/C14H12N2O3S/c1-8-5-14(17)19-12-6-10(3-4-11(8)12)18-7-13-16-15-9(2)20-13/h3-6H,7H2,1-2H3. The molecule has 0 saturated heterocycles. The third-order valence-electron chi connectivity index (χ3n) is 2.85. The molecule has 0 aliphatic carbocycles. The highest BCUT2D eigenvalue weighted by Gasteiger charge is 2.06. The summed E-state index contributed by atoms with van der Waals surface area (Å²) in [7, 11) is 0. The monoisotopic (exact) mass is 288 g/mol. The highest BCUT2D eigenvalue weighted by molar-refractivity contribution is 7.11. The van der Waals surface area contributed by atoms with Gasteiger partial charge in [0.15, 0.2) is 5.01 Å². The molecule has 0 unspecified atom stereocenters.